The fourth-order valence-corrected chi connectivity index (χ4v) is 4.29. The van der Waals surface area contributed by atoms with E-state index in [0.717, 1.165) is 38.3 Å². The molecule has 34 heavy (non-hydrogen) atoms. The largest absolute Gasteiger partial charge is 0.482 e. The predicted molar refractivity (Wildman–Crippen MR) is 127 cm³/mol. The summed E-state index contributed by atoms with van der Waals surface area (Å²) in [5.74, 6) is -0.163. The van der Waals surface area contributed by atoms with Gasteiger partial charge in [0.15, 0.2) is 12.7 Å². The number of nitrogens with zero attached hydrogens (tertiary/aromatic N) is 3. The Morgan fingerprint density at radius 2 is 1.65 bits per heavy atom. The summed E-state index contributed by atoms with van der Waals surface area (Å²) in [6.45, 7) is 5.67. The van der Waals surface area contributed by atoms with E-state index in [0.29, 0.717) is 25.3 Å². The molecule has 8 heteroatoms. The Morgan fingerprint density at radius 3 is 2.29 bits per heavy atom. The molecule has 0 N–H and O–H groups in total. The van der Waals surface area contributed by atoms with Gasteiger partial charge in [-0.15, -0.1) is 0 Å². The van der Waals surface area contributed by atoms with E-state index in [1.54, 1.807) is 41.0 Å². The molecule has 2 aromatic rings. The minimum atomic E-state index is -0.861. The zero-order valence-corrected chi connectivity index (χ0v) is 19.5. The fraction of sp³-hybridized carbons (Fsp3) is 0.423. The number of benzene rings is 2. The van der Waals surface area contributed by atoms with Gasteiger partial charge in [-0.2, -0.15) is 0 Å². The normalized spacial score (nSPS) is 17.5. The maximum absolute atomic E-state index is 12.7. The first-order valence-corrected chi connectivity index (χ1v) is 11.8. The summed E-state index contributed by atoms with van der Waals surface area (Å²) in [5, 5.41) is 0. The van der Waals surface area contributed by atoms with Crippen molar-refractivity contribution in [1.29, 1.82) is 0 Å². The summed E-state index contributed by atoms with van der Waals surface area (Å²) in [4.78, 5) is 42.6. The molecule has 1 atom stereocenters. The van der Waals surface area contributed by atoms with Crippen LogP contribution in [0.3, 0.4) is 0 Å². The van der Waals surface area contributed by atoms with Crippen molar-refractivity contribution in [3.8, 4) is 5.75 Å². The summed E-state index contributed by atoms with van der Waals surface area (Å²) in [6.07, 6.45) is 0.577. The number of rotatable bonds is 8. The molecule has 2 amide bonds. The minimum Gasteiger partial charge on any atom is -0.482 e. The van der Waals surface area contributed by atoms with Crippen molar-refractivity contribution < 1.29 is 23.9 Å². The molecule has 2 aliphatic heterocycles. The van der Waals surface area contributed by atoms with Crippen LogP contribution in [0.4, 0.5) is 5.69 Å². The lowest BCUT2D eigenvalue weighted by Gasteiger charge is -2.35. The predicted octanol–water partition coefficient (Wildman–Crippen LogP) is 2.47. The van der Waals surface area contributed by atoms with Gasteiger partial charge in [0.25, 0.3) is 5.91 Å². The van der Waals surface area contributed by atoms with Crippen LogP contribution in [0, 0.1) is 0 Å². The van der Waals surface area contributed by atoms with Gasteiger partial charge in [0, 0.05) is 51.4 Å². The summed E-state index contributed by atoms with van der Waals surface area (Å²) in [6, 6.07) is 17.3. The van der Waals surface area contributed by atoms with Gasteiger partial charge in [-0.1, -0.05) is 30.3 Å². The van der Waals surface area contributed by atoms with Gasteiger partial charge in [-0.3, -0.25) is 14.5 Å². The number of hydrogen-bond acceptors (Lipinski definition) is 6. The molecule has 180 valence electrons. The van der Waals surface area contributed by atoms with Crippen LogP contribution in [0.25, 0.3) is 0 Å². The second kappa shape index (κ2) is 11.2. The fourth-order valence-electron chi connectivity index (χ4n) is 4.29. The van der Waals surface area contributed by atoms with E-state index in [1.807, 2.05) is 18.2 Å². The monoisotopic (exact) mass is 465 g/mol. The number of amides is 2. The van der Waals surface area contributed by atoms with Crippen LogP contribution in [-0.4, -0.2) is 73.0 Å². The maximum atomic E-state index is 12.7. The molecule has 0 aliphatic carbocycles. The first kappa shape index (κ1) is 23.8. The Balaban J connectivity index is 1.18. The molecule has 2 aliphatic rings. The number of carbonyl (C=O) groups is 3. The highest BCUT2D eigenvalue weighted by Gasteiger charge is 2.27. The molecule has 4 rings (SSSR count). The van der Waals surface area contributed by atoms with Gasteiger partial charge in [0.1, 0.15) is 5.75 Å². The third-order valence-corrected chi connectivity index (χ3v) is 6.17. The number of piperazine rings is 1. The van der Waals surface area contributed by atoms with Crippen LogP contribution >= 0.6 is 0 Å². The first-order valence-electron chi connectivity index (χ1n) is 11.8. The SMILES string of the molecule is CC(OC(=O)COc1ccc(N2CCCC2=O)cc1)C(=O)N1CCN(Cc2ccccc2)CC1. The first-order chi connectivity index (χ1) is 16.5. The molecule has 0 radical (unpaired) electrons. The van der Waals surface area contributed by atoms with E-state index in [4.69, 9.17) is 9.47 Å². The highest BCUT2D eigenvalue weighted by atomic mass is 16.6. The molecule has 0 spiro atoms. The molecule has 8 nitrogen and oxygen atoms in total. The van der Waals surface area contributed by atoms with Crippen LogP contribution in [0.1, 0.15) is 25.3 Å². The Hall–Kier alpha value is -3.39. The summed E-state index contributed by atoms with van der Waals surface area (Å²) < 4.78 is 10.8. The molecule has 1 unspecified atom stereocenters. The van der Waals surface area contributed by atoms with Crippen molar-refractivity contribution in [3.63, 3.8) is 0 Å². The molecule has 0 aromatic heterocycles. The molecule has 0 bridgehead atoms. The standard InChI is InChI=1S/C26H31N3O5/c1-20(26(32)28-16-14-27(15-17-28)18-21-6-3-2-4-7-21)34-25(31)19-33-23-11-9-22(10-12-23)29-13-5-8-24(29)30/h2-4,6-7,9-12,20H,5,8,13-19H2,1H3. The lowest BCUT2D eigenvalue weighted by molar-refractivity contribution is -0.161. The summed E-state index contributed by atoms with van der Waals surface area (Å²) >= 11 is 0. The summed E-state index contributed by atoms with van der Waals surface area (Å²) in [5.41, 5.74) is 2.07. The topological polar surface area (TPSA) is 79.4 Å². The second-order valence-electron chi connectivity index (χ2n) is 8.65. The van der Waals surface area contributed by atoms with Crippen molar-refractivity contribution in [2.75, 3.05) is 44.2 Å². The van der Waals surface area contributed by atoms with Crippen molar-refractivity contribution in [1.82, 2.24) is 9.80 Å². The smallest absolute Gasteiger partial charge is 0.344 e. The lowest BCUT2D eigenvalue weighted by Crippen LogP contribution is -2.51. The number of esters is 1. The van der Waals surface area contributed by atoms with Gasteiger partial charge in [0.05, 0.1) is 0 Å². The second-order valence-corrected chi connectivity index (χ2v) is 8.65. The Labute approximate surface area is 200 Å². The van der Waals surface area contributed by atoms with Crippen molar-refractivity contribution in [3.05, 3.63) is 60.2 Å². The number of anilines is 1. The van der Waals surface area contributed by atoms with E-state index < -0.39 is 12.1 Å². The molecule has 2 saturated heterocycles. The lowest BCUT2D eigenvalue weighted by atomic mass is 10.2. The number of hydrogen-bond donors (Lipinski definition) is 0. The van der Waals surface area contributed by atoms with Gasteiger partial charge in [-0.25, -0.2) is 4.79 Å². The zero-order valence-electron chi connectivity index (χ0n) is 19.5. The van der Waals surface area contributed by atoms with Crippen LogP contribution < -0.4 is 9.64 Å². The van der Waals surface area contributed by atoms with Crippen LogP contribution in [0.5, 0.6) is 5.75 Å². The Bertz CT molecular complexity index is 987. The van der Waals surface area contributed by atoms with E-state index in [-0.39, 0.29) is 18.4 Å². The third kappa shape index (κ3) is 6.14. The highest BCUT2D eigenvalue weighted by Crippen LogP contribution is 2.24. The van der Waals surface area contributed by atoms with E-state index >= 15 is 0 Å². The Kier molecular flexibility index (Phi) is 7.80. The molecule has 2 aromatic carbocycles. The number of ether oxygens (including phenoxy) is 2. The quantitative estimate of drug-likeness (QED) is 0.558. The van der Waals surface area contributed by atoms with Gasteiger partial charge < -0.3 is 19.3 Å². The van der Waals surface area contributed by atoms with Crippen LogP contribution in [-0.2, 0) is 25.7 Å². The average Bonchev–Trinajstić information content (AvgIpc) is 3.29. The van der Waals surface area contributed by atoms with Crippen molar-refractivity contribution in [2.24, 2.45) is 0 Å². The van der Waals surface area contributed by atoms with Crippen LogP contribution in [0.2, 0.25) is 0 Å². The van der Waals surface area contributed by atoms with E-state index in [1.165, 1.54) is 5.56 Å². The van der Waals surface area contributed by atoms with Crippen LogP contribution in [0.15, 0.2) is 54.6 Å². The average molecular weight is 466 g/mol. The number of carbonyl (C=O) groups excluding carboxylic acids is 3. The van der Waals surface area contributed by atoms with Gasteiger partial charge in [-0.05, 0) is 43.2 Å². The molecular formula is C26H31N3O5. The molecular weight excluding hydrogens is 434 g/mol. The Morgan fingerprint density at radius 1 is 0.941 bits per heavy atom. The maximum Gasteiger partial charge on any atom is 0.344 e. The van der Waals surface area contributed by atoms with Gasteiger partial charge in [0.2, 0.25) is 5.91 Å². The minimum absolute atomic E-state index is 0.119. The molecule has 2 fully saturated rings. The van der Waals surface area contributed by atoms with Crippen molar-refractivity contribution >= 4 is 23.5 Å². The zero-order chi connectivity index (χ0) is 23.9. The van der Waals surface area contributed by atoms with E-state index in [2.05, 4.69) is 17.0 Å². The highest BCUT2D eigenvalue weighted by molar-refractivity contribution is 5.95. The summed E-state index contributed by atoms with van der Waals surface area (Å²) in [7, 11) is 0. The van der Waals surface area contributed by atoms with Crippen molar-refractivity contribution in [2.45, 2.75) is 32.4 Å². The third-order valence-electron chi connectivity index (χ3n) is 6.17. The van der Waals surface area contributed by atoms with Gasteiger partial charge >= 0.3 is 5.97 Å². The van der Waals surface area contributed by atoms with E-state index in [9.17, 15) is 14.4 Å². The molecule has 2 heterocycles. The molecule has 0 saturated carbocycles.